The van der Waals surface area contributed by atoms with E-state index in [2.05, 4.69) is 5.10 Å². The molecule has 158 valence electrons. The lowest BCUT2D eigenvalue weighted by Crippen LogP contribution is -2.38. The number of ether oxygens (including phenoxy) is 2. The number of fused-ring (bicyclic) bond motifs is 1. The maximum absolute atomic E-state index is 13.7. The number of methoxy groups -OCH3 is 1. The minimum Gasteiger partial charge on any atom is -0.493 e. The van der Waals surface area contributed by atoms with Gasteiger partial charge in [-0.3, -0.25) is 9.69 Å². The van der Waals surface area contributed by atoms with E-state index in [1.807, 2.05) is 54.6 Å². The molecule has 1 amide bonds. The van der Waals surface area contributed by atoms with Gasteiger partial charge in [-0.05, 0) is 37.1 Å². The Balaban J connectivity index is 1.54. The summed E-state index contributed by atoms with van der Waals surface area (Å²) in [4.78, 5) is 20.1. The Kier molecular flexibility index (Phi) is 5.40. The summed E-state index contributed by atoms with van der Waals surface area (Å²) in [6.07, 6.45) is 3.63. The average Bonchev–Trinajstić information content (AvgIpc) is 3.56. The number of amides is 1. The molecule has 2 aromatic carbocycles. The van der Waals surface area contributed by atoms with Gasteiger partial charge in [0.25, 0.3) is 5.91 Å². The third-order valence-electron chi connectivity index (χ3n) is 5.29. The number of benzene rings is 2. The molecular weight excluding hydrogens is 412 g/mol. The molecule has 8 heteroatoms. The molecule has 0 aliphatic carbocycles. The number of carbonyl (C=O) groups excluding carboxylic acids is 1. The molecule has 1 fully saturated rings. The van der Waals surface area contributed by atoms with Crippen molar-refractivity contribution in [3.8, 4) is 11.4 Å². The van der Waals surface area contributed by atoms with Crippen LogP contribution in [0, 0.1) is 0 Å². The van der Waals surface area contributed by atoms with Crippen LogP contribution in [0.5, 0.6) is 5.75 Å². The van der Waals surface area contributed by atoms with Crippen molar-refractivity contribution < 1.29 is 14.3 Å². The zero-order valence-corrected chi connectivity index (χ0v) is 17.9. The zero-order valence-electron chi connectivity index (χ0n) is 17.1. The van der Waals surface area contributed by atoms with Crippen molar-refractivity contribution in [2.24, 2.45) is 0 Å². The second-order valence-corrected chi connectivity index (χ2v) is 8.35. The van der Waals surface area contributed by atoms with E-state index < -0.39 is 0 Å². The lowest BCUT2D eigenvalue weighted by atomic mass is 10.2. The number of aromatic nitrogens is 3. The molecule has 1 unspecified atom stereocenters. The van der Waals surface area contributed by atoms with Crippen LogP contribution in [-0.2, 0) is 4.74 Å². The summed E-state index contributed by atoms with van der Waals surface area (Å²) in [5.74, 6) is 0.174. The van der Waals surface area contributed by atoms with Crippen LogP contribution in [0.1, 0.15) is 23.3 Å². The first-order chi connectivity index (χ1) is 15.2. The van der Waals surface area contributed by atoms with Gasteiger partial charge in [0.05, 0.1) is 41.9 Å². The first-order valence-corrected chi connectivity index (χ1v) is 11.0. The van der Waals surface area contributed by atoms with E-state index in [0.29, 0.717) is 17.4 Å². The lowest BCUT2D eigenvalue weighted by molar-refractivity contribution is 0.0910. The fraction of sp³-hybridized carbons (Fsp3) is 0.261. The van der Waals surface area contributed by atoms with Crippen LogP contribution in [0.2, 0.25) is 0 Å². The highest BCUT2D eigenvalue weighted by Crippen LogP contribution is 2.32. The molecule has 0 N–H and O–H groups in total. The normalized spacial score (nSPS) is 16.0. The Hall–Kier alpha value is -3.23. The molecule has 1 saturated heterocycles. The second kappa shape index (κ2) is 8.49. The Morgan fingerprint density at radius 2 is 2.03 bits per heavy atom. The van der Waals surface area contributed by atoms with Crippen molar-refractivity contribution in [3.05, 3.63) is 66.5 Å². The maximum Gasteiger partial charge on any atom is 0.284 e. The summed E-state index contributed by atoms with van der Waals surface area (Å²) in [7, 11) is 1.55. The van der Waals surface area contributed by atoms with Gasteiger partial charge in [-0.25, -0.2) is 9.67 Å². The standard InChI is InChI=1S/C23H22N4O3S/c1-29-19-15-27(16-8-3-2-4-9-16)25-21(19)22(28)26(14-17-10-7-13-30-17)23-24-18-11-5-6-12-20(18)31-23/h2-6,8-9,11-12,15,17H,7,10,13-14H2,1H3. The summed E-state index contributed by atoms with van der Waals surface area (Å²) in [5, 5.41) is 5.20. The molecule has 31 heavy (non-hydrogen) atoms. The van der Waals surface area contributed by atoms with Gasteiger partial charge < -0.3 is 9.47 Å². The van der Waals surface area contributed by atoms with Crippen molar-refractivity contribution in [2.45, 2.75) is 18.9 Å². The quantitative estimate of drug-likeness (QED) is 0.452. The van der Waals surface area contributed by atoms with E-state index in [9.17, 15) is 4.79 Å². The number of carbonyl (C=O) groups is 1. The number of thiazole rings is 1. The summed E-state index contributed by atoms with van der Waals surface area (Å²) in [5.41, 5.74) is 1.98. The topological polar surface area (TPSA) is 69.5 Å². The van der Waals surface area contributed by atoms with Gasteiger partial charge in [-0.15, -0.1) is 0 Å². The SMILES string of the molecule is COc1cn(-c2ccccc2)nc1C(=O)N(CC1CCCO1)c1nc2ccccc2s1. The van der Waals surface area contributed by atoms with Gasteiger partial charge in [-0.1, -0.05) is 41.7 Å². The Morgan fingerprint density at radius 1 is 1.23 bits per heavy atom. The van der Waals surface area contributed by atoms with Gasteiger partial charge in [0.1, 0.15) is 0 Å². The Morgan fingerprint density at radius 3 is 2.77 bits per heavy atom. The lowest BCUT2D eigenvalue weighted by Gasteiger charge is -2.22. The second-order valence-electron chi connectivity index (χ2n) is 7.34. The molecule has 0 bridgehead atoms. The number of hydrogen-bond acceptors (Lipinski definition) is 6. The Labute approximate surface area is 183 Å². The van der Waals surface area contributed by atoms with Gasteiger partial charge in [-0.2, -0.15) is 5.10 Å². The van der Waals surface area contributed by atoms with Crippen LogP contribution in [0.15, 0.2) is 60.8 Å². The predicted octanol–water partition coefficient (Wildman–Crippen LogP) is 4.32. The van der Waals surface area contributed by atoms with Crippen molar-refractivity contribution in [3.63, 3.8) is 0 Å². The van der Waals surface area contributed by atoms with E-state index in [4.69, 9.17) is 14.5 Å². The number of hydrogen-bond donors (Lipinski definition) is 0. The molecule has 0 spiro atoms. The summed E-state index contributed by atoms with van der Waals surface area (Å²) < 4.78 is 14.0. The van der Waals surface area contributed by atoms with Gasteiger partial charge in [0.2, 0.25) is 0 Å². The maximum atomic E-state index is 13.7. The minimum absolute atomic E-state index is 0.0156. The number of anilines is 1. The van der Waals surface area contributed by atoms with E-state index in [0.717, 1.165) is 35.4 Å². The molecule has 4 aromatic rings. The molecule has 0 saturated carbocycles. The summed E-state index contributed by atoms with van der Waals surface area (Å²) in [6.45, 7) is 1.15. The van der Waals surface area contributed by atoms with Crippen LogP contribution in [0.4, 0.5) is 5.13 Å². The third kappa shape index (κ3) is 3.92. The molecule has 3 heterocycles. The van der Waals surface area contributed by atoms with Crippen molar-refractivity contribution >= 4 is 32.6 Å². The zero-order chi connectivity index (χ0) is 21.2. The van der Waals surface area contributed by atoms with Gasteiger partial charge in [0, 0.05) is 6.61 Å². The van der Waals surface area contributed by atoms with Crippen LogP contribution in [0.25, 0.3) is 15.9 Å². The molecule has 1 atom stereocenters. The van der Waals surface area contributed by atoms with E-state index in [-0.39, 0.29) is 17.7 Å². The molecule has 7 nitrogen and oxygen atoms in total. The number of para-hydroxylation sites is 2. The van der Waals surface area contributed by atoms with Gasteiger partial charge >= 0.3 is 0 Å². The summed E-state index contributed by atoms with van der Waals surface area (Å²) >= 11 is 1.49. The van der Waals surface area contributed by atoms with Crippen LogP contribution < -0.4 is 9.64 Å². The predicted molar refractivity (Wildman–Crippen MR) is 120 cm³/mol. The third-order valence-corrected chi connectivity index (χ3v) is 6.35. The molecule has 1 aliphatic rings. The smallest absolute Gasteiger partial charge is 0.284 e. The first-order valence-electron chi connectivity index (χ1n) is 10.2. The van der Waals surface area contributed by atoms with Crippen molar-refractivity contribution in [2.75, 3.05) is 25.2 Å². The van der Waals surface area contributed by atoms with Crippen LogP contribution in [-0.4, -0.2) is 47.0 Å². The molecule has 0 radical (unpaired) electrons. The van der Waals surface area contributed by atoms with Gasteiger partial charge in [0.15, 0.2) is 16.6 Å². The van der Waals surface area contributed by atoms with E-state index >= 15 is 0 Å². The highest BCUT2D eigenvalue weighted by molar-refractivity contribution is 7.22. The van der Waals surface area contributed by atoms with E-state index in [1.165, 1.54) is 11.3 Å². The Bertz CT molecular complexity index is 1160. The van der Waals surface area contributed by atoms with Crippen LogP contribution >= 0.6 is 11.3 Å². The molecular formula is C23H22N4O3S. The van der Waals surface area contributed by atoms with Crippen LogP contribution in [0.3, 0.4) is 0 Å². The van der Waals surface area contributed by atoms with Crippen molar-refractivity contribution in [1.29, 1.82) is 0 Å². The fourth-order valence-electron chi connectivity index (χ4n) is 3.71. The molecule has 5 rings (SSSR count). The molecule has 2 aromatic heterocycles. The first kappa shape index (κ1) is 19.7. The highest BCUT2D eigenvalue weighted by atomic mass is 32.1. The molecule has 1 aliphatic heterocycles. The minimum atomic E-state index is -0.249. The largest absolute Gasteiger partial charge is 0.493 e. The number of rotatable bonds is 6. The fourth-order valence-corrected chi connectivity index (χ4v) is 4.68. The average molecular weight is 435 g/mol. The number of nitrogens with zero attached hydrogens (tertiary/aromatic N) is 4. The summed E-state index contributed by atoms with van der Waals surface area (Å²) in [6, 6.07) is 17.5. The van der Waals surface area contributed by atoms with Crippen molar-refractivity contribution in [1.82, 2.24) is 14.8 Å². The highest BCUT2D eigenvalue weighted by Gasteiger charge is 2.30. The monoisotopic (exact) mass is 434 g/mol. The van der Waals surface area contributed by atoms with E-state index in [1.54, 1.807) is 22.9 Å².